The smallest absolute Gasteiger partial charge is 0.0702 e. The van der Waals surface area contributed by atoms with Gasteiger partial charge in [0, 0.05) is 18.1 Å². The second-order valence-electron chi connectivity index (χ2n) is 2.74. The van der Waals surface area contributed by atoms with E-state index in [1.807, 2.05) is 58.2 Å². The second kappa shape index (κ2) is 8.86. The molecule has 0 aliphatic carbocycles. The molecule has 0 unspecified atom stereocenters. The van der Waals surface area contributed by atoms with Crippen LogP contribution in [0.5, 0.6) is 0 Å². The summed E-state index contributed by atoms with van der Waals surface area (Å²) in [6.07, 6.45) is 1.82. The van der Waals surface area contributed by atoms with Gasteiger partial charge in [0.2, 0.25) is 0 Å². The number of rotatable bonds is 1. The predicted molar refractivity (Wildman–Crippen MR) is 72.3 cm³/mol. The van der Waals surface area contributed by atoms with Crippen molar-refractivity contribution in [1.82, 2.24) is 4.98 Å². The van der Waals surface area contributed by atoms with Crippen LogP contribution in [0.15, 0.2) is 36.5 Å². The summed E-state index contributed by atoms with van der Waals surface area (Å²) in [5.74, 6) is 0. The van der Waals surface area contributed by atoms with E-state index in [0.29, 0.717) is 6.54 Å². The maximum Gasteiger partial charge on any atom is 0.0702 e. The van der Waals surface area contributed by atoms with Crippen LogP contribution in [0.3, 0.4) is 0 Å². The predicted octanol–water partition coefficient (Wildman–Crippen LogP) is 3.75. The molecule has 1 aromatic carbocycles. The topological polar surface area (TPSA) is 38.9 Å². The summed E-state index contributed by atoms with van der Waals surface area (Å²) in [6.45, 7) is 8.55. The van der Waals surface area contributed by atoms with Gasteiger partial charge in [-0.25, -0.2) is 0 Å². The zero-order valence-electron chi connectivity index (χ0n) is 10.7. The molecule has 2 rings (SSSR count). The van der Waals surface area contributed by atoms with Crippen LogP contribution in [0.2, 0.25) is 0 Å². The zero-order valence-corrected chi connectivity index (χ0v) is 10.7. The van der Waals surface area contributed by atoms with Crippen LogP contribution >= 0.6 is 0 Å². The Hall–Kier alpha value is -1.41. The van der Waals surface area contributed by atoms with Gasteiger partial charge in [-0.05, 0) is 17.7 Å². The molecule has 2 aromatic rings. The lowest BCUT2D eigenvalue weighted by Gasteiger charge is -1.98. The minimum atomic E-state index is 0.553. The first-order chi connectivity index (χ1) is 7.90. The number of hydrogen-bond acceptors (Lipinski definition) is 2. The Balaban J connectivity index is 0.000000509. The molecule has 0 fully saturated rings. The lowest BCUT2D eigenvalue weighted by Crippen LogP contribution is -1.96. The third-order valence-electron chi connectivity index (χ3n) is 1.88. The van der Waals surface area contributed by atoms with E-state index in [2.05, 4.69) is 11.1 Å². The Morgan fingerprint density at radius 3 is 2.31 bits per heavy atom. The van der Waals surface area contributed by atoms with Crippen molar-refractivity contribution in [2.75, 3.05) is 0 Å². The van der Waals surface area contributed by atoms with Gasteiger partial charge in [0.05, 0.1) is 5.52 Å². The van der Waals surface area contributed by atoms with Gasteiger partial charge in [-0.15, -0.1) is 0 Å². The minimum absolute atomic E-state index is 0.553. The van der Waals surface area contributed by atoms with Crippen LogP contribution in [-0.4, -0.2) is 4.98 Å². The summed E-state index contributed by atoms with van der Waals surface area (Å²) in [5, 5.41) is 1.15. The summed E-state index contributed by atoms with van der Waals surface area (Å²) < 4.78 is 0. The van der Waals surface area contributed by atoms with Gasteiger partial charge >= 0.3 is 0 Å². The number of nitrogens with zero attached hydrogens (tertiary/aromatic N) is 1. The highest BCUT2D eigenvalue weighted by Crippen LogP contribution is 2.11. The van der Waals surface area contributed by atoms with Crippen molar-refractivity contribution < 1.29 is 0 Å². The first kappa shape index (κ1) is 14.6. The Labute approximate surface area is 98.5 Å². The molecule has 88 valence electrons. The van der Waals surface area contributed by atoms with Crippen LogP contribution in [0.4, 0.5) is 0 Å². The number of benzene rings is 1. The normalized spacial score (nSPS) is 8.56. The Morgan fingerprint density at radius 2 is 1.69 bits per heavy atom. The summed E-state index contributed by atoms with van der Waals surface area (Å²) in [4.78, 5) is 4.27. The van der Waals surface area contributed by atoms with Gasteiger partial charge in [0.15, 0.2) is 0 Å². The van der Waals surface area contributed by atoms with Crippen LogP contribution in [-0.2, 0) is 6.54 Å². The average Bonchev–Trinajstić information content (AvgIpc) is 2.42. The summed E-state index contributed by atoms with van der Waals surface area (Å²) in [7, 11) is 0. The molecule has 0 atom stereocenters. The Bertz CT molecular complexity index is 397. The zero-order chi connectivity index (χ0) is 12.4. The summed E-state index contributed by atoms with van der Waals surface area (Å²) in [6, 6.07) is 10.1. The van der Waals surface area contributed by atoms with Crippen LogP contribution in [0, 0.1) is 0 Å². The van der Waals surface area contributed by atoms with Gasteiger partial charge in [0.25, 0.3) is 0 Å². The quantitative estimate of drug-likeness (QED) is 0.791. The molecule has 0 aliphatic rings. The number of para-hydroxylation sites is 1. The van der Waals surface area contributed by atoms with Crippen LogP contribution < -0.4 is 5.73 Å². The van der Waals surface area contributed by atoms with Gasteiger partial charge in [-0.3, -0.25) is 4.98 Å². The maximum atomic E-state index is 5.50. The Kier molecular flexibility index (Phi) is 8.08. The van der Waals surface area contributed by atoms with E-state index >= 15 is 0 Å². The molecule has 0 amide bonds. The standard InChI is InChI=1S/C10H10N2.2C2H6/c11-6-8-5-9-3-1-2-4-10(9)12-7-8;2*1-2/h1-5,7H,6,11H2;2*1-2H3. The van der Waals surface area contributed by atoms with Crippen molar-refractivity contribution in [2.45, 2.75) is 34.2 Å². The number of pyridine rings is 1. The van der Waals surface area contributed by atoms with E-state index in [9.17, 15) is 0 Å². The van der Waals surface area contributed by atoms with Crippen molar-refractivity contribution >= 4 is 10.9 Å². The molecule has 0 bridgehead atoms. The lowest BCUT2D eigenvalue weighted by molar-refractivity contribution is 1.06. The van der Waals surface area contributed by atoms with Crippen LogP contribution in [0.25, 0.3) is 10.9 Å². The van der Waals surface area contributed by atoms with Gasteiger partial charge in [-0.1, -0.05) is 45.9 Å². The number of aromatic nitrogens is 1. The SMILES string of the molecule is CC.CC.NCc1cnc2ccccc2c1. The molecule has 0 saturated carbocycles. The molecule has 2 heteroatoms. The molecule has 1 heterocycles. The van der Waals surface area contributed by atoms with Gasteiger partial charge < -0.3 is 5.73 Å². The highest BCUT2D eigenvalue weighted by Gasteiger charge is 1.93. The van der Waals surface area contributed by atoms with Crippen molar-refractivity contribution in [3.63, 3.8) is 0 Å². The molecule has 0 aliphatic heterocycles. The molecular weight excluding hydrogens is 196 g/mol. The minimum Gasteiger partial charge on any atom is -0.326 e. The molecule has 2 nitrogen and oxygen atoms in total. The summed E-state index contributed by atoms with van der Waals surface area (Å²) >= 11 is 0. The number of fused-ring (bicyclic) bond motifs is 1. The fraction of sp³-hybridized carbons (Fsp3) is 0.357. The second-order valence-corrected chi connectivity index (χ2v) is 2.74. The van der Waals surface area contributed by atoms with Crippen LogP contribution in [0.1, 0.15) is 33.3 Å². The van der Waals surface area contributed by atoms with E-state index in [1.54, 1.807) is 0 Å². The average molecular weight is 218 g/mol. The molecule has 2 N–H and O–H groups in total. The van der Waals surface area contributed by atoms with E-state index in [-0.39, 0.29) is 0 Å². The maximum absolute atomic E-state index is 5.50. The van der Waals surface area contributed by atoms with Crippen molar-refractivity contribution in [3.8, 4) is 0 Å². The molecule has 0 radical (unpaired) electrons. The van der Waals surface area contributed by atoms with E-state index in [0.717, 1.165) is 16.5 Å². The fourth-order valence-corrected chi connectivity index (χ4v) is 1.23. The lowest BCUT2D eigenvalue weighted by atomic mass is 10.2. The largest absolute Gasteiger partial charge is 0.326 e. The molecule has 0 spiro atoms. The first-order valence-corrected chi connectivity index (χ1v) is 5.94. The van der Waals surface area contributed by atoms with E-state index in [4.69, 9.17) is 5.73 Å². The van der Waals surface area contributed by atoms with Crippen molar-refractivity contribution in [1.29, 1.82) is 0 Å². The third-order valence-corrected chi connectivity index (χ3v) is 1.88. The summed E-state index contributed by atoms with van der Waals surface area (Å²) in [5.41, 5.74) is 7.60. The van der Waals surface area contributed by atoms with Crippen molar-refractivity contribution in [2.24, 2.45) is 5.73 Å². The number of nitrogens with two attached hydrogens (primary N) is 1. The first-order valence-electron chi connectivity index (χ1n) is 5.94. The third kappa shape index (κ3) is 3.99. The van der Waals surface area contributed by atoms with Gasteiger partial charge in [-0.2, -0.15) is 0 Å². The Morgan fingerprint density at radius 1 is 1.06 bits per heavy atom. The fourth-order valence-electron chi connectivity index (χ4n) is 1.23. The van der Waals surface area contributed by atoms with E-state index < -0.39 is 0 Å². The van der Waals surface area contributed by atoms with E-state index in [1.165, 1.54) is 0 Å². The van der Waals surface area contributed by atoms with Crippen molar-refractivity contribution in [3.05, 3.63) is 42.1 Å². The molecule has 1 aromatic heterocycles. The molecular formula is C14H22N2. The highest BCUT2D eigenvalue weighted by atomic mass is 14.7. The molecule has 0 saturated heterocycles. The van der Waals surface area contributed by atoms with Gasteiger partial charge in [0.1, 0.15) is 0 Å². The monoisotopic (exact) mass is 218 g/mol. The number of hydrogen-bond donors (Lipinski definition) is 1. The molecule has 16 heavy (non-hydrogen) atoms. The highest BCUT2D eigenvalue weighted by molar-refractivity contribution is 5.78.